The molecule has 1 aliphatic heterocycles. The van der Waals surface area contributed by atoms with Crippen LogP contribution >= 0.6 is 11.6 Å². The summed E-state index contributed by atoms with van der Waals surface area (Å²) in [4.78, 5) is 12.3. The van der Waals surface area contributed by atoms with Crippen LogP contribution in [0.1, 0.15) is 25.0 Å². The second-order valence-corrected chi connectivity index (χ2v) is 7.40. The fourth-order valence-electron chi connectivity index (χ4n) is 3.32. The third-order valence-corrected chi connectivity index (χ3v) is 5.02. The number of methoxy groups -OCH3 is 1. The second kappa shape index (κ2) is 10.5. The highest BCUT2D eigenvalue weighted by atomic mass is 35.5. The number of carbonyl (C=O) groups is 1. The molecule has 0 unspecified atom stereocenters. The molecule has 2 amide bonds. The van der Waals surface area contributed by atoms with E-state index in [-0.39, 0.29) is 24.8 Å². The molecule has 1 fully saturated rings. The molecule has 0 bridgehead atoms. The molecule has 29 heavy (non-hydrogen) atoms. The number of benzene rings is 1. The highest BCUT2D eigenvalue weighted by Gasteiger charge is 2.31. The number of hydrogen-bond donors (Lipinski definition) is 3. The van der Waals surface area contributed by atoms with E-state index in [1.165, 1.54) is 0 Å². The summed E-state index contributed by atoms with van der Waals surface area (Å²) >= 11 is 5.85. The average molecular weight is 424 g/mol. The molecule has 3 atom stereocenters. The first-order valence-corrected chi connectivity index (χ1v) is 9.92. The minimum Gasteiger partial charge on any atom is -0.394 e. The molecular formula is C19H26ClN5O4. The summed E-state index contributed by atoms with van der Waals surface area (Å²) < 4.78 is 12.8. The summed E-state index contributed by atoms with van der Waals surface area (Å²) in [6.45, 7) is 0.927. The van der Waals surface area contributed by atoms with E-state index in [2.05, 4.69) is 20.9 Å². The van der Waals surface area contributed by atoms with Gasteiger partial charge < -0.3 is 25.2 Å². The van der Waals surface area contributed by atoms with Crippen LogP contribution in [0.4, 0.5) is 10.5 Å². The molecule has 0 saturated carbocycles. The van der Waals surface area contributed by atoms with Crippen molar-refractivity contribution in [3.63, 3.8) is 0 Å². The molecule has 3 rings (SSSR count). The average Bonchev–Trinajstić information content (AvgIpc) is 3.16. The highest BCUT2D eigenvalue weighted by Crippen LogP contribution is 2.22. The summed E-state index contributed by atoms with van der Waals surface area (Å²) in [7, 11) is 1.62. The van der Waals surface area contributed by atoms with Gasteiger partial charge in [-0.05, 0) is 43.5 Å². The van der Waals surface area contributed by atoms with Crippen molar-refractivity contribution in [2.75, 3.05) is 19.0 Å². The summed E-state index contributed by atoms with van der Waals surface area (Å²) in [6.07, 6.45) is 3.62. The zero-order valence-corrected chi connectivity index (χ0v) is 17.0. The van der Waals surface area contributed by atoms with Crippen LogP contribution in [-0.4, -0.2) is 58.1 Å². The number of aliphatic hydroxyl groups excluding tert-OH is 1. The summed E-state index contributed by atoms with van der Waals surface area (Å²) in [5, 5.41) is 24.0. The summed E-state index contributed by atoms with van der Waals surface area (Å²) in [5.74, 6) is 0. The van der Waals surface area contributed by atoms with Gasteiger partial charge in [0.15, 0.2) is 0 Å². The number of nitrogens with one attached hydrogen (secondary N) is 2. The van der Waals surface area contributed by atoms with Gasteiger partial charge in [-0.1, -0.05) is 16.8 Å². The van der Waals surface area contributed by atoms with Crippen LogP contribution in [0, 0.1) is 0 Å². The Labute approximate surface area is 174 Å². The Balaban J connectivity index is 1.45. The van der Waals surface area contributed by atoms with Gasteiger partial charge in [0.25, 0.3) is 0 Å². The number of halogens is 1. The first-order chi connectivity index (χ1) is 14.1. The zero-order chi connectivity index (χ0) is 20.6. The Bertz CT molecular complexity index is 785. The number of ether oxygens (including phenoxy) is 2. The largest absolute Gasteiger partial charge is 0.394 e. The number of urea groups is 1. The van der Waals surface area contributed by atoms with Gasteiger partial charge in [0.2, 0.25) is 0 Å². The Morgan fingerprint density at radius 3 is 2.90 bits per heavy atom. The van der Waals surface area contributed by atoms with Gasteiger partial charge in [-0.15, -0.1) is 5.10 Å². The van der Waals surface area contributed by atoms with Gasteiger partial charge in [-0.25, -0.2) is 4.79 Å². The predicted octanol–water partition coefficient (Wildman–Crippen LogP) is 2.20. The van der Waals surface area contributed by atoms with Crippen LogP contribution in [-0.2, 0) is 22.6 Å². The van der Waals surface area contributed by atoms with E-state index in [0.717, 1.165) is 25.0 Å². The standard InChI is InChI=1S/C19H26ClN5O4/c1-28-12-15-10-25(24-23-15)9-8-16-6-7-17(18(11-26)29-16)22-19(27)21-14-4-2-13(20)3-5-14/h2-5,10,16-18,26H,6-9,11-12H2,1H3,(H2,21,22,27)/t16-,17+,18-/m1/s1. The number of nitrogens with zero attached hydrogens (tertiary/aromatic N) is 3. The second-order valence-electron chi connectivity index (χ2n) is 6.96. The van der Waals surface area contributed by atoms with Crippen LogP contribution < -0.4 is 10.6 Å². The Kier molecular flexibility index (Phi) is 7.82. The number of aryl methyl sites for hydroxylation is 1. The maximum Gasteiger partial charge on any atom is 0.319 e. The minimum absolute atomic E-state index is 0.0143. The van der Waals surface area contributed by atoms with E-state index in [1.54, 1.807) is 36.1 Å². The van der Waals surface area contributed by atoms with Crippen LogP contribution in [0.3, 0.4) is 0 Å². The van der Waals surface area contributed by atoms with Gasteiger partial charge in [0.1, 0.15) is 11.8 Å². The Morgan fingerprint density at radius 1 is 1.38 bits per heavy atom. The van der Waals surface area contributed by atoms with Crippen molar-refractivity contribution in [2.24, 2.45) is 0 Å². The number of anilines is 1. The number of amides is 2. The van der Waals surface area contributed by atoms with E-state index < -0.39 is 6.10 Å². The van der Waals surface area contributed by atoms with Gasteiger partial charge >= 0.3 is 6.03 Å². The molecule has 2 heterocycles. The molecule has 9 nitrogen and oxygen atoms in total. The van der Waals surface area contributed by atoms with E-state index in [1.807, 2.05) is 6.20 Å². The maximum absolute atomic E-state index is 12.3. The SMILES string of the molecule is COCc1cn(CC[C@H]2CC[C@H](NC(=O)Nc3ccc(Cl)cc3)[C@@H](CO)O2)nn1. The monoisotopic (exact) mass is 423 g/mol. The van der Waals surface area contributed by atoms with Gasteiger partial charge in [-0.2, -0.15) is 0 Å². The smallest absolute Gasteiger partial charge is 0.319 e. The van der Waals surface area contributed by atoms with E-state index in [9.17, 15) is 9.90 Å². The molecule has 0 radical (unpaired) electrons. The van der Waals surface area contributed by atoms with Gasteiger partial charge in [-0.3, -0.25) is 4.68 Å². The number of hydrogen-bond acceptors (Lipinski definition) is 6. The summed E-state index contributed by atoms with van der Waals surface area (Å²) in [5.41, 5.74) is 1.42. The van der Waals surface area contributed by atoms with Crippen LogP contribution in [0.5, 0.6) is 0 Å². The lowest BCUT2D eigenvalue weighted by Gasteiger charge is -2.36. The molecule has 10 heteroatoms. The van der Waals surface area contributed by atoms with Gasteiger partial charge in [0.05, 0.1) is 31.6 Å². The van der Waals surface area contributed by atoms with Crippen molar-refractivity contribution in [3.05, 3.63) is 41.2 Å². The first-order valence-electron chi connectivity index (χ1n) is 9.54. The normalized spacial score (nSPS) is 21.7. The molecular weight excluding hydrogens is 398 g/mol. The van der Waals surface area contributed by atoms with Crippen molar-refractivity contribution in [1.29, 1.82) is 0 Å². The van der Waals surface area contributed by atoms with Crippen LogP contribution in [0.25, 0.3) is 0 Å². The Morgan fingerprint density at radius 2 is 2.17 bits per heavy atom. The topological polar surface area (TPSA) is 111 Å². The van der Waals surface area contributed by atoms with Crippen molar-refractivity contribution < 1.29 is 19.4 Å². The summed E-state index contributed by atoms with van der Waals surface area (Å²) in [6, 6.07) is 6.25. The fraction of sp³-hybridized carbons (Fsp3) is 0.526. The van der Waals surface area contributed by atoms with Crippen molar-refractivity contribution in [2.45, 2.75) is 50.7 Å². The van der Waals surface area contributed by atoms with Crippen LogP contribution in [0.15, 0.2) is 30.5 Å². The lowest BCUT2D eigenvalue weighted by Crippen LogP contribution is -2.52. The predicted molar refractivity (Wildman–Crippen MR) is 108 cm³/mol. The quantitative estimate of drug-likeness (QED) is 0.600. The number of rotatable bonds is 8. The van der Waals surface area contributed by atoms with E-state index in [0.29, 0.717) is 23.9 Å². The molecule has 0 aliphatic carbocycles. The first kappa shape index (κ1) is 21.5. The fourth-order valence-corrected chi connectivity index (χ4v) is 3.44. The Hall–Kier alpha value is -2.20. The molecule has 158 valence electrons. The molecule has 1 aliphatic rings. The maximum atomic E-state index is 12.3. The third-order valence-electron chi connectivity index (χ3n) is 4.77. The molecule has 1 aromatic heterocycles. The molecule has 0 spiro atoms. The lowest BCUT2D eigenvalue weighted by atomic mass is 9.97. The molecule has 2 aromatic rings. The number of aromatic nitrogens is 3. The highest BCUT2D eigenvalue weighted by molar-refractivity contribution is 6.30. The molecule has 1 saturated heterocycles. The van der Waals surface area contributed by atoms with Crippen molar-refractivity contribution >= 4 is 23.3 Å². The number of carbonyl (C=O) groups excluding carboxylic acids is 1. The van der Waals surface area contributed by atoms with E-state index in [4.69, 9.17) is 21.1 Å². The minimum atomic E-state index is -0.454. The number of aliphatic hydroxyl groups is 1. The van der Waals surface area contributed by atoms with Crippen LogP contribution in [0.2, 0.25) is 5.02 Å². The molecule has 3 N–H and O–H groups in total. The van der Waals surface area contributed by atoms with E-state index >= 15 is 0 Å². The lowest BCUT2D eigenvalue weighted by molar-refractivity contribution is -0.0905. The zero-order valence-electron chi connectivity index (χ0n) is 16.3. The third kappa shape index (κ3) is 6.40. The van der Waals surface area contributed by atoms with Crippen molar-refractivity contribution in [1.82, 2.24) is 20.3 Å². The van der Waals surface area contributed by atoms with Gasteiger partial charge in [0, 0.05) is 24.4 Å². The molecule has 1 aromatic carbocycles. The van der Waals surface area contributed by atoms with Crippen molar-refractivity contribution in [3.8, 4) is 0 Å².